The number of hydrogen-bond acceptors (Lipinski definition) is 4. The molecule has 0 aromatic heterocycles. The molecule has 19 heavy (non-hydrogen) atoms. The lowest BCUT2D eigenvalue weighted by Gasteiger charge is -2.19. The van der Waals surface area contributed by atoms with E-state index in [4.69, 9.17) is 14.8 Å². The average molecular weight is 269 g/mol. The summed E-state index contributed by atoms with van der Waals surface area (Å²) in [5.41, 5.74) is -0.173. The zero-order valence-corrected chi connectivity index (χ0v) is 11.1. The lowest BCUT2D eigenvalue weighted by molar-refractivity contribution is 0.0523. The Labute approximate surface area is 111 Å². The molecule has 0 aliphatic heterocycles. The lowest BCUT2D eigenvalue weighted by atomic mass is 9.79. The standard InChI is InChI=1S/C12H17BFNO4/c1-12(2,3)19-11(16)15-7-8-4-9(13(17)18)6-10(14)5-8/h4-6,17-18H,7H2,1-3H3,(H,15,16). The van der Waals surface area contributed by atoms with Gasteiger partial charge in [-0.05, 0) is 43.9 Å². The second kappa shape index (κ2) is 6.03. The van der Waals surface area contributed by atoms with Crippen LogP contribution in [0.1, 0.15) is 26.3 Å². The summed E-state index contributed by atoms with van der Waals surface area (Å²) in [6, 6.07) is 3.61. The van der Waals surface area contributed by atoms with Gasteiger partial charge in [0.05, 0.1) is 0 Å². The number of carbonyl (C=O) groups excluding carboxylic acids is 1. The average Bonchev–Trinajstić information content (AvgIpc) is 2.23. The first-order valence-electron chi connectivity index (χ1n) is 5.80. The summed E-state index contributed by atoms with van der Waals surface area (Å²) in [6.07, 6.45) is -0.622. The van der Waals surface area contributed by atoms with Crippen molar-refractivity contribution in [2.45, 2.75) is 32.9 Å². The van der Waals surface area contributed by atoms with Crippen molar-refractivity contribution in [2.75, 3.05) is 0 Å². The fourth-order valence-electron chi connectivity index (χ4n) is 1.41. The maximum absolute atomic E-state index is 13.2. The Morgan fingerprint density at radius 1 is 1.37 bits per heavy atom. The smallest absolute Gasteiger partial charge is 0.444 e. The van der Waals surface area contributed by atoms with E-state index in [0.29, 0.717) is 5.56 Å². The zero-order chi connectivity index (χ0) is 14.6. The number of rotatable bonds is 3. The maximum Gasteiger partial charge on any atom is 0.488 e. The van der Waals surface area contributed by atoms with E-state index in [2.05, 4.69) is 5.32 Å². The van der Waals surface area contributed by atoms with Crippen LogP contribution in [0.25, 0.3) is 0 Å². The van der Waals surface area contributed by atoms with Crippen LogP contribution in [0.3, 0.4) is 0 Å². The highest BCUT2D eigenvalue weighted by molar-refractivity contribution is 6.58. The Kier molecular flexibility index (Phi) is 4.91. The number of benzene rings is 1. The molecule has 0 saturated heterocycles. The van der Waals surface area contributed by atoms with Crippen LogP contribution in [-0.2, 0) is 11.3 Å². The molecule has 1 amide bonds. The van der Waals surface area contributed by atoms with Crippen molar-refractivity contribution in [3.8, 4) is 0 Å². The van der Waals surface area contributed by atoms with Crippen LogP contribution in [0.2, 0.25) is 0 Å². The summed E-state index contributed by atoms with van der Waals surface area (Å²) >= 11 is 0. The van der Waals surface area contributed by atoms with Crippen molar-refractivity contribution in [3.05, 3.63) is 29.6 Å². The fourth-order valence-corrected chi connectivity index (χ4v) is 1.41. The highest BCUT2D eigenvalue weighted by Crippen LogP contribution is 2.07. The highest BCUT2D eigenvalue weighted by atomic mass is 19.1. The molecule has 0 unspecified atom stereocenters. The first-order valence-corrected chi connectivity index (χ1v) is 5.80. The number of amides is 1. The molecule has 0 bridgehead atoms. The van der Waals surface area contributed by atoms with Gasteiger partial charge >= 0.3 is 13.2 Å². The van der Waals surface area contributed by atoms with Gasteiger partial charge in [-0.2, -0.15) is 0 Å². The van der Waals surface area contributed by atoms with Gasteiger partial charge in [0, 0.05) is 6.54 Å². The van der Waals surface area contributed by atoms with E-state index in [9.17, 15) is 9.18 Å². The van der Waals surface area contributed by atoms with Gasteiger partial charge in [-0.3, -0.25) is 0 Å². The molecular formula is C12H17BFNO4. The second-order valence-electron chi connectivity index (χ2n) is 5.12. The summed E-state index contributed by atoms with van der Waals surface area (Å²) in [6.45, 7) is 5.23. The summed E-state index contributed by atoms with van der Waals surface area (Å²) in [5.74, 6) is -0.605. The number of carbonyl (C=O) groups is 1. The van der Waals surface area contributed by atoms with Crippen LogP contribution in [0.4, 0.5) is 9.18 Å². The van der Waals surface area contributed by atoms with E-state index in [1.807, 2.05) is 0 Å². The number of nitrogens with one attached hydrogen (secondary N) is 1. The quantitative estimate of drug-likeness (QED) is 0.699. The molecule has 0 spiro atoms. The maximum atomic E-state index is 13.2. The summed E-state index contributed by atoms with van der Waals surface area (Å²) in [5, 5.41) is 20.4. The molecule has 1 aromatic carbocycles. The minimum atomic E-state index is -1.75. The molecule has 1 aromatic rings. The van der Waals surface area contributed by atoms with Crippen LogP contribution in [-0.4, -0.2) is 28.9 Å². The van der Waals surface area contributed by atoms with Crippen LogP contribution in [0.15, 0.2) is 18.2 Å². The van der Waals surface area contributed by atoms with Crippen molar-refractivity contribution in [2.24, 2.45) is 0 Å². The van der Waals surface area contributed by atoms with Crippen molar-refractivity contribution in [1.29, 1.82) is 0 Å². The fraction of sp³-hybridized carbons (Fsp3) is 0.417. The van der Waals surface area contributed by atoms with Crippen LogP contribution >= 0.6 is 0 Å². The van der Waals surface area contributed by atoms with Crippen LogP contribution in [0, 0.1) is 5.82 Å². The lowest BCUT2D eigenvalue weighted by Crippen LogP contribution is -2.33. The molecule has 0 aliphatic carbocycles. The van der Waals surface area contributed by atoms with Crippen molar-refractivity contribution < 1.29 is 24.0 Å². The van der Waals surface area contributed by atoms with E-state index in [-0.39, 0.29) is 12.0 Å². The predicted molar refractivity (Wildman–Crippen MR) is 69.3 cm³/mol. The third-order valence-electron chi connectivity index (χ3n) is 2.11. The third-order valence-corrected chi connectivity index (χ3v) is 2.11. The molecule has 7 heteroatoms. The number of ether oxygens (including phenoxy) is 1. The first kappa shape index (κ1) is 15.5. The summed E-state index contributed by atoms with van der Waals surface area (Å²) in [7, 11) is -1.75. The van der Waals surface area contributed by atoms with E-state index < -0.39 is 24.6 Å². The van der Waals surface area contributed by atoms with Gasteiger partial charge in [0.25, 0.3) is 0 Å². The van der Waals surface area contributed by atoms with Gasteiger partial charge in [0.15, 0.2) is 0 Å². The van der Waals surface area contributed by atoms with Crippen molar-refractivity contribution in [1.82, 2.24) is 5.32 Å². The molecule has 0 heterocycles. The predicted octanol–water partition coefficient (Wildman–Crippen LogP) is 0.530. The molecule has 3 N–H and O–H groups in total. The SMILES string of the molecule is CC(C)(C)OC(=O)NCc1cc(F)cc(B(O)O)c1. The second-order valence-corrected chi connectivity index (χ2v) is 5.12. The number of hydrogen-bond donors (Lipinski definition) is 3. The topological polar surface area (TPSA) is 78.8 Å². The summed E-state index contributed by atoms with van der Waals surface area (Å²) < 4.78 is 18.2. The monoisotopic (exact) mass is 269 g/mol. The van der Waals surface area contributed by atoms with Gasteiger partial charge in [-0.1, -0.05) is 6.07 Å². The van der Waals surface area contributed by atoms with Gasteiger partial charge < -0.3 is 20.1 Å². The van der Waals surface area contributed by atoms with E-state index in [0.717, 1.165) is 6.07 Å². The Bertz CT molecular complexity index is 460. The molecule has 0 aliphatic rings. The molecule has 0 fully saturated rings. The Hall–Kier alpha value is -1.60. The summed E-state index contributed by atoms with van der Waals surface area (Å²) in [4.78, 5) is 11.4. The number of alkyl carbamates (subject to hydrolysis) is 1. The molecule has 104 valence electrons. The van der Waals surface area contributed by atoms with Gasteiger partial charge in [-0.25, -0.2) is 9.18 Å². The Balaban J connectivity index is 2.65. The molecular weight excluding hydrogens is 252 g/mol. The van der Waals surface area contributed by atoms with Crippen molar-refractivity contribution >= 4 is 18.7 Å². The van der Waals surface area contributed by atoms with Gasteiger partial charge in [0.2, 0.25) is 0 Å². The molecule has 0 radical (unpaired) electrons. The van der Waals surface area contributed by atoms with Crippen molar-refractivity contribution in [3.63, 3.8) is 0 Å². The highest BCUT2D eigenvalue weighted by Gasteiger charge is 2.17. The largest absolute Gasteiger partial charge is 0.488 e. The molecule has 1 rings (SSSR count). The van der Waals surface area contributed by atoms with Crippen LogP contribution < -0.4 is 10.8 Å². The molecule has 0 atom stereocenters. The Morgan fingerprint density at radius 2 is 2.00 bits per heavy atom. The number of halogens is 1. The van der Waals surface area contributed by atoms with E-state index in [1.165, 1.54) is 12.1 Å². The normalized spacial score (nSPS) is 11.1. The minimum Gasteiger partial charge on any atom is -0.444 e. The molecule has 5 nitrogen and oxygen atoms in total. The third kappa shape index (κ3) is 5.72. The van der Waals surface area contributed by atoms with E-state index >= 15 is 0 Å². The molecule has 0 saturated carbocycles. The van der Waals surface area contributed by atoms with Gasteiger partial charge in [-0.15, -0.1) is 0 Å². The van der Waals surface area contributed by atoms with E-state index in [1.54, 1.807) is 20.8 Å². The minimum absolute atomic E-state index is 0.0287. The van der Waals surface area contributed by atoms with Gasteiger partial charge in [0.1, 0.15) is 11.4 Å². The first-order chi connectivity index (χ1) is 8.67. The Morgan fingerprint density at radius 3 is 2.53 bits per heavy atom. The zero-order valence-electron chi connectivity index (χ0n) is 11.1. The van der Waals surface area contributed by atoms with Crippen LogP contribution in [0.5, 0.6) is 0 Å².